The van der Waals surface area contributed by atoms with E-state index in [4.69, 9.17) is 5.26 Å². The molecule has 0 unspecified atom stereocenters. The highest BCUT2D eigenvalue weighted by Crippen LogP contribution is 2.23. The van der Waals surface area contributed by atoms with E-state index in [0.717, 1.165) is 43.2 Å². The Morgan fingerprint density at radius 2 is 2.00 bits per heavy atom. The first-order valence-electron chi connectivity index (χ1n) is 7.08. The first-order chi connectivity index (χ1) is 9.74. The molecule has 0 spiro atoms. The Bertz CT molecular complexity index is 660. The smallest absolute Gasteiger partial charge is 0.116 e. The van der Waals surface area contributed by atoms with Gasteiger partial charge in [0.05, 0.1) is 12.0 Å². The Labute approximate surface area is 119 Å². The fourth-order valence-corrected chi connectivity index (χ4v) is 2.94. The Morgan fingerprint density at radius 1 is 1.20 bits per heavy atom. The largest absolute Gasteiger partial charge is 0.508 e. The third-order valence-corrected chi connectivity index (χ3v) is 3.98. The SMILES string of the molecule is N#C[C@H]1CCCN(Cc2ccc3cc(O)ccc3c2)C1. The average Bonchev–Trinajstić information content (AvgIpc) is 2.47. The van der Waals surface area contributed by atoms with Crippen LogP contribution >= 0.6 is 0 Å². The predicted molar refractivity (Wildman–Crippen MR) is 79.2 cm³/mol. The normalized spacial score (nSPS) is 19.9. The molecular formula is C17H18N2O. The molecule has 20 heavy (non-hydrogen) atoms. The zero-order valence-electron chi connectivity index (χ0n) is 11.4. The standard InChI is InChI=1S/C17H18N2O/c18-10-14-2-1-7-19(12-14)11-13-3-4-16-9-17(20)6-5-15(16)8-13/h3-6,8-9,14,20H,1-2,7,11-12H2/t14-/m1/s1. The van der Waals surface area contributed by atoms with E-state index < -0.39 is 0 Å². The minimum Gasteiger partial charge on any atom is -0.508 e. The summed E-state index contributed by atoms with van der Waals surface area (Å²) in [6, 6.07) is 14.2. The number of benzene rings is 2. The number of hydrogen-bond donors (Lipinski definition) is 1. The Morgan fingerprint density at radius 3 is 2.85 bits per heavy atom. The summed E-state index contributed by atoms with van der Waals surface area (Å²) >= 11 is 0. The van der Waals surface area contributed by atoms with Crippen LogP contribution in [-0.4, -0.2) is 23.1 Å². The number of hydrogen-bond acceptors (Lipinski definition) is 3. The number of nitrogens with zero attached hydrogens (tertiary/aromatic N) is 2. The minimum atomic E-state index is 0.182. The maximum absolute atomic E-state index is 9.48. The van der Waals surface area contributed by atoms with Gasteiger partial charge in [-0.25, -0.2) is 0 Å². The van der Waals surface area contributed by atoms with E-state index in [1.165, 1.54) is 5.56 Å². The molecule has 1 fully saturated rings. The molecule has 0 amide bonds. The van der Waals surface area contributed by atoms with Gasteiger partial charge in [-0.05, 0) is 53.9 Å². The first kappa shape index (κ1) is 13.0. The van der Waals surface area contributed by atoms with Crippen molar-refractivity contribution in [3.05, 3.63) is 42.0 Å². The molecule has 3 nitrogen and oxygen atoms in total. The molecular weight excluding hydrogens is 248 g/mol. The molecule has 2 aromatic rings. The molecule has 1 atom stereocenters. The van der Waals surface area contributed by atoms with E-state index in [2.05, 4.69) is 29.2 Å². The molecule has 0 saturated carbocycles. The lowest BCUT2D eigenvalue weighted by atomic mass is 9.99. The highest BCUT2D eigenvalue weighted by atomic mass is 16.3. The van der Waals surface area contributed by atoms with Gasteiger partial charge in [0.1, 0.15) is 5.75 Å². The van der Waals surface area contributed by atoms with Crippen LogP contribution in [0.1, 0.15) is 18.4 Å². The number of phenolic OH excluding ortho intramolecular Hbond substituents is 1. The van der Waals surface area contributed by atoms with Crippen molar-refractivity contribution in [2.45, 2.75) is 19.4 Å². The van der Waals surface area contributed by atoms with E-state index in [0.29, 0.717) is 5.75 Å². The lowest BCUT2D eigenvalue weighted by molar-refractivity contribution is 0.192. The topological polar surface area (TPSA) is 47.3 Å². The molecule has 0 bridgehead atoms. The predicted octanol–water partition coefficient (Wildman–Crippen LogP) is 3.28. The number of nitriles is 1. The summed E-state index contributed by atoms with van der Waals surface area (Å²) in [4.78, 5) is 2.36. The van der Waals surface area contributed by atoms with E-state index in [1.54, 1.807) is 12.1 Å². The van der Waals surface area contributed by atoms with Gasteiger partial charge in [0.15, 0.2) is 0 Å². The van der Waals surface area contributed by atoms with Gasteiger partial charge in [0, 0.05) is 13.1 Å². The van der Waals surface area contributed by atoms with E-state index in [1.807, 2.05) is 6.07 Å². The molecule has 1 saturated heterocycles. The summed E-state index contributed by atoms with van der Waals surface area (Å²) in [5.41, 5.74) is 1.27. The Hall–Kier alpha value is -2.05. The van der Waals surface area contributed by atoms with Gasteiger partial charge >= 0.3 is 0 Å². The minimum absolute atomic E-state index is 0.182. The van der Waals surface area contributed by atoms with Crippen molar-refractivity contribution in [1.82, 2.24) is 4.90 Å². The number of fused-ring (bicyclic) bond motifs is 1. The van der Waals surface area contributed by atoms with E-state index in [9.17, 15) is 5.11 Å². The number of likely N-dealkylation sites (tertiary alicyclic amines) is 1. The van der Waals surface area contributed by atoms with Gasteiger partial charge in [-0.15, -0.1) is 0 Å². The second-order valence-corrected chi connectivity index (χ2v) is 5.57. The highest BCUT2D eigenvalue weighted by Gasteiger charge is 2.19. The molecule has 1 N–H and O–H groups in total. The first-order valence-corrected chi connectivity index (χ1v) is 7.08. The molecule has 102 valence electrons. The van der Waals surface area contributed by atoms with Crippen LogP contribution in [0.25, 0.3) is 10.8 Å². The summed E-state index contributed by atoms with van der Waals surface area (Å²) in [5, 5.41) is 20.7. The third kappa shape index (κ3) is 2.76. The summed E-state index contributed by atoms with van der Waals surface area (Å²) in [7, 11) is 0. The molecule has 1 aliphatic heterocycles. The maximum Gasteiger partial charge on any atom is 0.116 e. The fourth-order valence-electron chi connectivity index (χ4n) is 2.94. The summed E-state index contributed by atoms with van der Waals surface area (Å²) in [6.45, 7) is 2.85. The van der Waals surface area contributed by atoms with Gasteiger partial charge in [-0.1, -0.05) is 18.2 Å². The average molecular weight is 266 g/mol. The number of phenols is 1. The Kier molecular flexibility index (Phi) is 3.58. The van der Waals surface area contributed by atoms with Crippen LogP contribution in [0.4, 0.5) is 0 Å². The van der Waals surface area contributed by atoms with Gasteiger partial charge in [0.25, 0.3) is 0 Å². The van der Waals surface area contributed by atoms with Crippen LogP contribution < -0.4 is 0 Å². The molecule has 3 rings (SSSR count). The highest BCUT2D eigenvalue weighted by molar-refractivity contribution is 5.84. The van der Waals surface area contributed by atoms with Gasteiger partial charge < -0.3 is 5.11 Å². The van der Waals surface area contributed by atoms with E-state index >= 15 is 0 Å². The molecule has 1 aliphatic rings. The second-order valence-electron chi connectivity index (χ2n) is 5.57. The summed E-state index contributed by atoms with van der Waals surface area (Å²) < 4.78 is 0. The lowest BCUT2D eigenvalue weighted by Crippen LogP contribution is -2.34. The van der Waals surface area contributed by atoms with Crippen LogP contribution in [0.2, 0.25) is 0 Å². The van der Waals surface area contributed by atoms with Gasteiger partial charge in [-0.2, -0.15) is 5.26 Å². The van der Waals surface area contributed by atoms with Crippen molar-refractivity contribution in [3.63, 3.8) is 0 Å². The van der Waals surface area contributed by atoms with Crippen LogP contribution in [0, 0.1) is 17.2 Å². The number of piperidine rings is 1. The van der Waals surface area contributed by atoms with Crippen LogP contribution in [0.5, 0.6) is 5.75 Å². The fraction of sp³-hybridized carbons (Fsp3) is 0.353. The van der Waals surface area contributed by atoms with Crippen molar-refractivity contribution in [2.75, 3.05) is 13.1 Å². The third-order valence-electron chi connectivity index (χ3n) is 3.98. The van der Waals surface area contributed by atoms with Crippen molar-refractivity contribution in [2.24, 2.45) is 5.92 Å². The van der Waals surface area contributed by atoms with Crippen molar-refractivity contribution in [1.29, 1.82) is 5.26 Å². The lowest BCUT2D eigenvalue weighted by Gasteiger charge is -2.29. The molecule has 2 aromatic carbocycles. The summed E-state index contributed by atoms with van der Waals surface area (Å²) in [6.07, 6.45) is 2.14. The molecule has 0 radical (unpaired) electrons. The van der Waals surface area contributed by atoms with Gasteiger partial charge in [0.2, 0.25) is 0 Å². The van der Waals surface area contributed by atoms with Crippen molar-refractivity contribution < 1.29 is 5.11 Å². The van der Waals surface area contributed by atoms with Crippen molar-refractivity contribution in [3.8, 4) is 11.8 Å². The zero-order valence-corrected chi connectivity index (χ0v) is 11.4. The zero-order chi connectivity index (χ0) is 13.9. The van der Waals surface area contributed by atoms with Crippen LogP contribution in [-0.2, 0) is 6.54 Å². The van der Waals surface area contributed by atoms with E-state index in [-0.39, 0.29) is 5.92 Å². The maximum atomic E-state index is 9.48. The molecule has 0 aliphatic carbocycles. The van der Waals surface area contributed by atoms with Crippen LogP contribution in [0.15, 0.2) is 36.4 Å². The van der Waals surface area contributed by atoms with Crippen molar-refractivity contribution >= 4 is 10.8 Å². The quantitative estimate of drug-likeness (QED) is 0.907. The monoisotopic (exact) mass is 266 g/mol. The second kappa shape index (κ2) is 5.52. The van der Waals surface area contributed by atoms with Crippen LogP contribution in [0.3, 0.4) is 0 Å². The number of aromatic hydroxyl groups is 1. The summed E-state index contributed by atoms with van der Waals surface area (Å²) in [5.74, 6) is 0.485. The molecule has 1 heterocycles. The molecule has 3 heteroatoms. The Balaban J connectivity index is 1.77. The number of rotatable bonds is 2. The molecule has 0 aromatic heterocycles. The van der Waals surface area contributed by atoms with Gasteiger partial charge in [-0.3, -0.25) is 4.90 Å².